The van der Waals surface area contributed by atoms with E-state index in [-0.39, 0.29) is 12.7 Å². The van der Waals surface area contributed by atoms with Crippen LogP contribution in [0.15, 0.2) is 30.5 Å². The van der Waals surface area contributed by atoms with E-state index in [4.69, 9.17) is 14.2 Å². The number of rotatable bonds is 8. The fourth-order valence-electron chi connectivity index (χ4n) is 2.31. The number of carbonyl (C=O) groups is 1. The zero-order valence-electron chi connectivity index (χ0n) is 13.9. The largest absolute Gasteiger partial charge is 0.454 e. The molecule has 0 fully saturated rings. The average molecular weight is 344 g/mol. The highest BCUT2D eigenvalue weighted by Gasteiger charge is 2.14. The number of nitrogens with zero attached hydrogens (tertiary/aromatic N) is 2. The summed E-state index contributed by atoms with van der Waals surface area (Å²) in [6, 6.07) is 7.15. The van der Waals surface area contributed by atoms with Crippen LogP contribution in [0.1, 0.15) is 22.5 Å². The minimum atomic E-state index is -0.264. The molecule has 0 atom stereocenters. The summed E-state index contributed by atoms with van der Waals surface area (Å²) in [5.41, 5.74) is 1.23. The van der Waals surface area contributed by atoms with Crippen LogP contribution in [0.4, 0.5) is 5.95 Å². The van der Waals surface area contributed by atoms with E-state index in [0.29, 0.717) is 37.1 Å². The Balaban J connectivity index is 1.54. The number of benzene rings is 1. The van der Waals surface area contributed by atoms with Gasteiger partial charge < -0.3 is 24.8 Å². The van der Waals surface area contributed by atoms with Gasteiger partial charge in [0.1, 0.15) is 5.69 Å². The smallest absolute Gasteiger partial charge is 0.270 e. The maximum Gasteiger partial charge on any atom is 0.270 e. The zero-order valence-corrected chi connectivity index (χ0v) is 13.9. The number of methoxy groups -OCH3 is 1. The van der Waals surface area contributed by atoms with Crippen molar-refractivity contribution in [2.45, 2.75) is 13.0 Å². The Morgan fingerprint density at radius 1 is 1.28 bits per heavy atom. The number of hydrogen-bond acceptors (Lipinski definition) is 7. The number of carbonyl (C=O) groups excluding carboxylic acids is 1. The second kappa shape index (κ2) is 8.29. The van der Waals surface area contributed by atoms with Crippen LogP contribution >= 0.6 is 0 Å². The Morgan fingerprint density at radius 3 is 3.04 bits per heavy atom. The summed E-state index contributed by atoms with van der Waals surface area (Å²) >= 11 is 0. The van der Waals surface area contributed by atoms with Crippen molar-refractivity contribution in [3.63, 3.8) is 0 Å². The van der Waals surface area contributed by atoms with Gasteiger partial charge in [0.15, 0.2) is 11.5 Å². The molecule has 1 aromatic heterocycles. The number of ether oxygens (including phenoxy) is 3. The highest BCUT2D eigenvalue weighted by atomic mass is 16.7. The summed E-state index contributed by atoms with van der Waals surface area (Å²) < 4.78 is 15.6. The van der Waals surface area contributed by atoms with Crippen molar-refractivity contribution in [1.29, 1.82) is 0 Å². The summed E-state index contributed by atoms with van der Waals surface area (Å²) in [4.78, 5) is 20.6. The lowest BCUT2D eigenvalue weighted by atomic mass is 10.2. The normalized spacial score (nSPS) is 12.0. The Hall–Kier alpha value is -2.87. The Labute approximate surface area is 145 Å². The lowest BCUT2D eigenvalue weighted by Crippen LogP contribution is -2.24. The molecule has 8 nitrogen and oxygen atoms in total. The van der Waals surface area contributed by atoms with Gasteiger partial charge in [0.25, 0.3) is 5.91 Å². The summed E-state index contributed by atoms with van der Waals surface area (Å²) in [6.45, 7) is 1.93. The van der Waals surface area contributed by atoms with Crippen LogP contribution in [0, 0.1) is 0 Å². The first-order valence-corrected chi connectivity index (χ1v) is 7.99. The molecular formula is C17H20N4O4. The van der Waals surface area contributed by atoms with Crippen molar-refractivity contribution in [1.82, 2.24) is 15.3 Å². The van der Waals surface area contributed by atoms with Crippen LogP contribution in [-0.4, -0.2) is 42.9 Å². The van der Waals surface area contributed by atoms with Crippen LogP contribution in [0.25, 0.3) is 0 Å². The van der Waals surface area contributed by atoms with Crippen molar-refractivity contribution >= 4 is 11.9 Å². The molecule has 1 aromatic carbocycles. The number of fused-ring (bicyclic) bond motifs is 1. The van der Waals surface area contributed by atoms with Gasteiger partial charge in [0, 0.05) is 33.0 Å². The van der Waals surface area contributed by atoms with Crippen LogP contribution < -0.4 is 20.1 Å². The van der Waals surface area contributed by atoms with Gasteiger partial charge in [-0.15, -0.1) is 0 Å². The molecule has 2 N–H and O–H groups in total. The number of aromatic nitrogens is 2. The average Bonchev–Trinajstić information content (AvgIpc) is 3.11. The number of amides is 1. The van der Waals surface area contributed by atoms with Crippen LogP contribution in [0.2, 0.25) is 0 Å². The highest BCUT2D eigenvalue weighted by Crippen LogP contribution is 2.32. The van der Waals surface area contributed by atoms with E-state index < -0.39 is 0 Å². The second-order valence-electron chi connectivity index (χ2n) is 5.41. The van der Waals surface area contributed by atoms with Crippen LogP contribution in [-0.2, 0) is 11.3 Å². The van der Waals surface area contributed by atoms with Gasteiger partial charge in [0.05, 0.1) is 0 Å². The van der Waals surface area contributed by atoms with Crippen molar-refractivity contribution in [3.05, 3.63) is 41.7 Å². The summed E-state index contributed by atoms with van der Waals surface area (Å²) in [5, 5.41) is 5.90. The standard InChI is InChI=1S/C17H20N4O4/c1-23-8-2-6-18-17-19-7-5-13(21-17)16(22)20-10-12-3-4-14-15(9-12)25-11-24-14/h3-5,7,9H,2,6,8,10-11H2,1H3,(H,20,22)(H,18,19,21). The molecule has 132 valence electrons. The maximum absolute atomic E-state index is 12.3. The van der Waals surface area contributed by atoms with Gasteiger partial charge in [-0.05, 0) is 30.2 Å². The highest BCUT2D eigenvalue weighted by molar-refractivity contribution is 5.92. The minimum absolute atomic E-state index is 0.228. The van der Waals surface area contributed by atoms with E-state index in [9.17, 15) is 4.79 Å². The number of anilines is 1. The fraction of sp³-hybridized carbons (Fsp3) is 0.353. The van der Waals surface area contributed by atoms with E-state index in [1.807, 2.05) is 18.2 Å². The molecule has 0 bridgehead atoms. The van der Waals surface area contributed by atoms with Crippen molar-refractivity contribution in [3.8, 4) is 11.5 Å². The third-order valence-electron chi connectivity index (χ3n) is 3.59. The van der Waals surface area contributed by atoms with Gasteiger partial charge in [0.2, 0.25) is 12.7 Å². The first kappa shape index (κ1) is 17.0. The molecule has 0 unspecified atom stereocenters. The van der Waals surface area contributed by atoms with Gasteiger partial charge in [-0.3, -0.25) is 4.79 Å². The number of hydrogen-bond donors (Lipinski definition) is 2. The summed E-state index contributed by atoms with van der Waals surface area (Å²) in [5.74, 6) is 1.57. The maximum atomic E-state index is 12.3. The van der Waals surface area contributed by atoms with Gasteiger partial charge in [-0.1, -0.05) is 6.07 Å². The molecule has 0 spiro atoms. The fourth-order valence-corrected chi connectivity index (χ4v) is 2.31. The predicted octanol–water partition coefficient (Wildman–Crippen LogP) is 1.58. The molecule has 0 saturated heterocycles. The molecule has 2 aromatic rings. The van der Waals surface area contributed by atoms with Crippen LogP contribution in [0.5, 0.6) is 11.5 Å². The lowest BCUT2D eigenvalue weighted by Gasteiger charge is -2.08. The third kappa shape index (κ3) is 4.57. The van der Waals surface area contributed by atoms with E-state index in [2.05, 4.69) is 20.6 Å². The zero-order chi connectivity index (χ0) is 17.5. The third-order valence-corrected chi connectivity index (χ3v) is 3.59. The van der Waals surface area contributed by atoms with Gasteiger partial charge in [-0.2, -0.15) is 0 Å². The van der Waals surface area contributed by atoms with Crippen molar-refractivity contribution in [2.75, 3.05) is 32.4 Å². The Morgan fingerprint density at radius 2 is 2.16 bits per heavy atom. The molecule has 25 heavy (non-hydrogen) atoms. The molecule has 3 rings (SSSR count). The first-order valence-electron chi connectivity index (χ1n) is 7.99. The summed E-state index contributed by atoms with van der Waals surface area (Å²) in [6.07, 6.45) is 2.39. The molecule has 0 radical (unpaired) electrons. The van der Waals surface area contributed by atoms with Crippen LogP contribution in [0.3, 0.4) is 0 Å². The quantitative estimate of drug-likeness (QED) is 0.702. The molecule has 1 aliphatic rings. The molecule has 1 aliphatic heterocycles. The van der Waals surface area contributed by atoms with Crippen molar-refractivity contribution in [2.24, 2.45) is 0 Å². The van der Waals surface area contributed by atoms with E-state index in [1.54, 1.807) is 19.4 Å². The lowest BCUT2D eigenvalue weighted by molar-refractivity contribution is 0.0945. The van der Waals surface area contributed by atoms with E-state index in [0.717, 1.165) is 17.7 Å². The van der Waals surface area contributed by atoms with E-state index in [1.165, 1.54) is 0 Å². The topological polar surface area (TPSA) is 94.6 Å². The minimum Gasteiger partial charge on any atom is -0.454 e. The first-order chi connectivity index (χ1) is 12.3. The molecule has 1 amide bonds. The molecule has 0 saturated carbocycles. The molecular weight excluding hydrogens is 324 g/mol. The summed E-state index contributed by atoms with van der Waals surface area (Å²) in [7, 11) is 1.65. The predicted molar refractivity (Wildman–Crippen MR) is 90.7 cm³/mol. The van der Waals surface area contributed by atoms with Gasteiger partial charge in [-0.25, -0.2) is 9.97 Å². The van der Waals surface area contributed by atoms with Gasteiger partial charge >= 0.3 is 0 Å². The van der Waals surface area contributed by atoms with E-state index >= 15 is 0 Å². The SMILES string of the molecule is COCCCNc1nccc(C(=O)NCc2ccc3c(c2)OCO3)n1. The second-order valence-corrected chi connectivity index (χ2v) is 5.41. The molecule has 0 aliphatic carbocycles. The monoisotopic (exact) mass is 344 g/mol. The Kier molecular flexibility index (Phi) is 5.63. The Bertz CT molecular complexity index is 738. The van der Waals surface area contributed by atoms with Crippen molar-refractivity contribution < 1.29 is 19.0 Å². The molecule has 8 heteroatoms. The number of nitrogens with one attached hydrogen (secondary N) is 2. The molecule has 2 heterocycles.